The lowest BCUT2D eigenvalue weighted by Crippen LogP contribution is -2.24. The maximum atomic E-state index is 12.8. The van der Waals surface area contributed by atoms with Crippen LogP contribution in [0.2, 0.25) is 0 Å². The molecule has 0 aliphatic carbocycles. The van der Waals surface area contributed by atoms with Crippen LogP contribution in [0.15, 0.2) is 41.3 Å². The maximum absolute atomic E-state index is 12.8. The molecule has 11 nitrogen and oxygen atoms in total. The molecule has 4 rings (SSSR count). The molecular formula is C23H26N6O5. The van der Waals surface area contributed by atoms with E-state index >= 15 is 0 Å². The lowest BCUT2D eigenvalue weighted by atomic mass is 10.1. The summed E-state index contributed by atoms with van der Waals surface area (Å²) in [7, 11) is 3.06. The molecule has 0 radical (unpaired) electrons. The summed E-state index contributed by atoms with van der Waals surface area (Å²) in [6.07, 6.45) is 2.05. The van der Waals surface area contributed by atoms with E-state index in [1.807, 2.05) is 18.2 Å². The fourth-order valence-corrected chi connectivity index (χ4v) is 3.81. The summed E-state index contributed by atoms with van der Waals surface area (Å²) in [5.41, 5.74) is 2.63. The van der Waals surface area contributed by atoms with Crippen molar-refractivity contribution in [3.05, 3.63) is 52.7 Å². The predicted molar refractivity (Wildman–Crippen MR) is 125 cm³/mol. The Bertz CT molecular complexity index is 1430. The Kier molecular flexibility index (Phi) is 6.35. The molecule has 0 spiro atoms. The number of fused-ring (bicyclic) bond motifs is 2. The largest absolute Gasteiger partial charge is 0.469 e. The first-order chi connectivity index (χ1) is 16.3. The van der Waals surface area contributed by atoms with E-state index in [2.05, 4.69) is 15.4 Å². The number of hydrogen-bond acceptors (Lipinski definition) is 8. The number of benzene rings is 1. The highest BCUT2D eigenvalue weighted by Crippen LogP contribution is 2.23. The number of methoxy groups -OCH3 is 1. The number of anilines is 2. The fourth-order valence-electron chi connectivity index (χ4n) is 3.81. The molecule has 1 unspecified atom stereocenters. The van der Waals surface area contributed by atoms with Gasteiger partial charge in [-0.15, -0.1) is 0 Å². The van der Waals surface area contributed by atoms with Crippen LogP contribution in [0.4, 0.5) is 11.5 Å². The minimum absolute atomic E-state index is 0.159. The van der Waals surface area contributed by atoms with E-state index in [0.29, 0.717) is 35.6 Å². The number of carbonyl (C=O) groups is 2. The molecule has 34 heavy (non-hydrogen) atoms. The first kappa shape index (κ1) is 23.0. The summed E-state index contributed by atoms with van der Waals surface area (Å²) in [6.45, 7) is 4.11. The number of nitrogens with zero attached hydrogens (tertiary/aromatic N) is 5. The number of hydrogen-bond donors (Lipinski definition) is 1. The molecule has 0 amide bonds. The summed E-state index contributed by atoms with van der Waals surface area (Å²) in [5.74, 6) is -0.656. The van der Waals surface area contributed by atoms with Gasteiger partial charge in [0.2, 0.25) is 0 Å². The van der Waals surface area contributed by atoms with Crippen LogP contribution in [0.1, 0.15) is 30.8 Å². The summed E-state index contributed by atoms with van der Waals surface area (Å²) in [4.78, 5) is 41.2. The zero-order valence-electron chi connectivity index (χ0n) is 19.4. The van der Waals surface area contributed by atoms with Crippen molar-refractivity contribution in [2.45, 2.75) is 26.8 Å². The molecule has 0 saturated carbocycles. The number of carbonyl (C=O) groups excluding carboxylic acids is 2. The molecule has 1 aromatic carbocycles. The number of esters is 2. The number of aryl methyl sites for hydroxylation is 2. The van der Waals surface area contributed by atoms with Gasteiger partial charge in [0.15, 0.2) is 11.3 Å². The van der Waals surface area contributed by atoms with Crippen molar-refractivity contribution in [3.8, 4) is 0 Å². The van der Waals surface area contributed by atoms with E-state index in [9.17, 15) is 14.4 Å². The molecule has 0 saturated heterocycles. The van der Waals surface area contributed by atoms with Crippen molar-refractivity contribution in [2.75, 3.05) is 19.0 Å². The Morgan fingerprint density at radius 1 is 1.18 bits per heavy atom. The molecule has 4 aromatic rings. The number of nitrogens with one attached hydrogen (secondary N) is 1. The monoisotopic (exact) mass is 466 g/mol. The topological polar surface area (TPSA) is 122 Å². The molecule has 0 aliphatic rings. The molecular weight excluding hydrogens is 440 g/mol. The van der Waals surface area contributed by atoms with Crippen molar-refractivity contribution in [3.63, 3.8) is 0 Å². The fraction of sp³-hybridized carbons (Fsp3) is 0.348. The third kappa shape index (κ3) is 4.24. The van der Waals surface area contributed by atoms with E-state index in [4.69, 9.17) is 9.47 Å². The smallest absolute Gasteiger partial charge is 0.357 e. The maximum Gasteiger partial charge on any atom is 0.357 e. The third-order valence-electron chi connectivity index (χ3n) is 5.65. The summed E-state index contributed by atoms with van der Waals surface area (Å²) in [5, 5.41) is 7.53. The van der Waals surface area contributed by atoms with Crippen LogP contribution in [-0.2, 0) is 27.9 Å². The highest BCUT2D eigenvalue weighted by molar-refractivity contribution is 5.89. The highest BCUT2D eigenvalue weighted by Gasteiger charge is 2.18. The van der Waals surface area contributed by atoms with E-state index < -0.39 is 5.97 Å². The molecule has 11 heteroatoms. The second kappa shape index (κ2) is 9.38. The minimum atomic E-state index is -0.527. The van der Waals surface area contributed by atoms with Crippen molar-refractivity contribution in [2.24, 2.45) is 13.0 Å². The Labute approximate surface area is 194 Å². The van der Waals surface area contributed by atoms with E-state index in [1.54, 1.807) is 52.9 Å². The van der Waals surface area contributed by atoms with Gasteiger partial charge in [0.25, 0.3) is 0 Å². The predicted octanol–water partition coefficient (Wildman–Crippen LogP) is 2.50. The summed E-state index contributed by atoms with van der Waals surface area (Å²) in [6, 6.07) is 8.78. The molecule has 0 bridgehead atoms. The van der Waals surface area contributed by atoms with Gasteiger partial charge in [-0.25, -0.2) is 14.6 Å². The average molecular weight is 466 g/mol. The first-order valence-electron chi connectivity index (χ1n) is 10.9. The standard InChI is InChI=1S/C23H26N6O5/c1-5-34-22(31)16-13-20(29-19(26-16)8-10-24-29)25-15-6-7-17-18(12-15)28(23(32)27(17)3)11-9-14(2)21(30)33-4/h6-8,10,12-14,25H,5,9,11H2,1-4H3. The van der Waals surface area contributed by atoms with E-state index in [1.165, 1.54) is 7.11 Å². The van der Waals surface area contributed by atoms with Gasteiger partial charge in [-0.1, -0.05) is 6.92 Å². The lowest BCUT2D eigenvalue weighted by Gasteiger charge is -2.12. The number of ether oxygens (including phenoxy) is 2. The van der Waals surface area contributed by atoms with Gasteiger partial charge >= 0.3 is 17.6 Å². The van der Waals surface area contributed by atoms with Crippen LogP contribution in [0.25, 0.3) is 16.7 Å². The first-order valence-corrected chi connectivity index (χ1v) is 10.9. The Hall–Kier alpha value is -4.15. The third-order valence-corrected chi connectivity index (χ3v) is 5.65. The minimum Gasteiger partial charge on any atom is -0.469 e. The second-order valence-corrected chi connectivity index (χ2v) is 7.88. The number of imidazole rings is 1. The average Bonchev–Trinajstić information content (AvgIpc) is 3.40. The van der Waals surface area contributed by atoms with Gasteiger partial charge in [0.05, 0.1) is 36.9 Å². The van der Waals surface area contributed by atoms with Gasteiger partial charge in [0, 0.05) is 31.4 Å². The molecule has 0 fully saturated rings. The van der Waals surface area contributed by atoms with E-state index in [-0.39, 0.29) is 29.9 Å². The van der Waals surface area contributed by atoms with Crippen LogP contribution in [0, 0.1) is 5.92 Å². The van der Waals surface area contributed by atoms with E-state index in [0.717, 1.165) is 5.52 Å². The van der Waals surface area contributed by atoms with Gasteiger partial charge in [-0.05, 0) is 31.5 Å². The Morgan fingerprint density at radius 3 is 2.71 bits per heavy atom. The van der Waals surface area contributed by atoms with Crippen molar-refractivity contribution >= 4 is 40.1 Å². The van der Waals surface area contributed by atoms with Crippen LogP contribution < -0.4 is 11.0 Å². The van der Waals surface area contributed by atoms with Crippen molar-refractivity contribution in [1.29, 1.82) is 0 Å². The lowest BCUT2D eigenvalue weighted by molar-refractivity contribution is -0.145. The molecule has 0 aliphatic heterocycles. The van der Waals surface area contributed by atoms with Gasteiger partial charge in [-0.2, -0.15) is 9.61 Å². The Balaban J connectivity index is 1.70. The summed E-state index contributed by atoms with van der Waals surface area (Å²) >= 11 is 0. The zero-order chi connectivity index (χ0) is 24.4. The molecule has 1 N–H and O–H groups in total. The Morgan fingerprint density at radius 2 is 1.97 bits per heavy atom. The quantitative estimate of drug-likeness (QED) is 0.393. The van der Waals surface area contributed by atoms with Crippen LogP contribution in [0.5, 0.6) is 0 Å². The molecule has 178 valence electrons. The number of aromatic nitrogens is 5. The summed E-state index contributed by atoms with van der Waals surface area (Å²) < 4.78 is 14.7. The normalized spacial score (nSPS) is 12.1. The molecule has 3 heterocycles. The SMILES string of the molecule is CCOC(=O)c1cc(Nc2ccc3c(c2)n(CCC(C)C(=O)OC)c(=O)n3C)n2nccc2n1. The highest BCUT2D eigenvalue weighted by atomic mass is 16.5. The molecule has 1 atom stereocenters. The van der Waals surface area contributed by atoms with Crippen LogP contribution in [-0.4, -0.2) is 49.4 Å². The van der Waals surface area contributed by atoms with Crippen molar-refractivity contribution < 1.29 is 19.1 Å². The molecule has 3 aromatic heterocycles. The van der Waals surface area contributed by atoms with Crippen molar-refractivity contribution in [1.82, 2.24) is 23.7 Å². The van der Waals surface area contributed by atoms with Gasteiger partial charge < -0.3 is 14.8 Å². The van der Waals surface area contributed by atoms with Crippen LogP contribution in [0.3, 0.4) is 0 Å². The number of rotatable bonds is 8. The van der Waals surface area contributed by atoms with Crippen LogP contribution >= 0.6 is 0 Å². The van der Waals surface area contributed by atoms with Gasteiger partial charge in [0.1, 0.15) is 5.82 Å². The second-order valence-electron chi connectivity index (χ2n) is 7.88. The van der Waals surface area contributed by atoms with Gasteiger partial charge in [-0.3, -0.25) is 13.9 Å². The zero-order valence-corrected chi connectivity index (χ0v) is 19.4.